The average Bonchev–Trinajstić information content (AvgIpc) is 3.34. The predicted octanol–water partition coefficient (Wildman–Crippen LogP) is 0.466. The van der Waals surface area contributed by atoms with E-state index in [1.165, 1.54) is 12.8 Å². The molecule has 1 unspecified atom stereocenters. The highest BCUT2D eigenvalue weighted by Crippen LogP contribution is 2.39. The highest BCUT2D eigenvalue weighted by molar-refractivity contribution is 5.78. The first-order valence-electron chi connectivity index (χ1n) is 8.73. The minimum Gasteiger partial charge on any atom is -0.379 e. The van der Waals surface area contributed by atoms with E-state index >= 15 is 0 Å². The van der Waals surface area contributed by atoms with Gasteiger partial charge in [0.25, 0.3) is 0 Å². The van der Waals surface area contributed by atoms with Crippen LogP contribution in [0.5, 0.6) is 0 Å². The number of ether oxygens (including phenoxy) is 1. The number of carbonyl (C=O) groups is 1. The average molecular weight is 319 g/mol. The highest BCUT2D eigenvalue weighted by atomic mass is 16.5. The largest absolute Gasteiger partial charge is 0.379 e. The zero-order valence-electron chi connectivity index (χ0n) is 13.8. The molecule has 0 radical (unpaired) electrons. The summed E-state index contributed by atoms with van der Waals surface area (Å²) in [7, 11) is 0. The van der Waals surface area contributed by atoms with Crippen molar-refractivity contribution < 1.29 is 9.53 Å². The van der Waals surface area contributed by atoms with Crippen LogP contribution in [0.2, 0.25) is 0 Å². The topological polar surface area (TPSA) is 63.5 Å². The van der Waals surface area contributed by atoms with Crippen LogP contribution in [0.1, 0.15) is 37.3 Å². The molecule has 0 N–H and O–H groups in total. The maximum absolute atomic E-state index is 12.7. The van der Waals surface area contributed by atoms with Crippen LogP contribution in [-0.4, -0.2) is 69.9 Å². The van der Waals surface area contributed by atoms with Gasteiger partial charge in [0.2, 0.25) is 5.91 Å². The van der Waals surface area contributed by atoms with Crippen molar-refractivity contribution in [3.63, 3.8) is 0 Å². The molecule has 1 saturated heterocycles. The Hall–Kier alpha value is -1.47. The normalized spacial score (nSPS) is 23.6. The van der Waals surface area contributed by atoms with Gasteiger partial charge in [-0.3, -0.25) is 9.69 Å². The number of carbonyl (C=O) groups excluding carboxylic acids is 1. The van der Waals surface area contributed by atoms with E-state index in [-0.39, 0.29) is 11.8 Å². The first kappa shape index (κ1) is 15.1. The Balaban J connectivity index is 1.37. The fourth-order valence-electron chi connectivity index (χ4n) is 3.57. The molecule has 2 fully saturated rings. The number of rotatable bonds is 4. The van der Waals surface area contributed by atoms with Gasteiger partial charge in [0, 0.05) is 44.6 Å². The lowest BCUT2D eigenvalue weighted by molar-refractivity contribution is -0.137. The molecule has 4 rings (SSSR count). The number of amides is 1. The summed E-state index contributed by atoms with van der Waals surface area (Å²) < 4.78 is 7.60. The molecule has 0 bridgehead atoms. The van der Waals surface area contributed by atoms with E-state index in [0.29, 0.717) is 12.5 Å². The second-order valence-corrected chi connectivity index (χ2v) is 6.97. The summed E-state index contributed by atoms with van der Waals surface area (Å²) in [4.78, 5) is 17.0. The first-order chi connectivity index (χ1) is 11.2. The smallest absolute Gasteiger partial charge is 0.227 e. The molecule has 23 heavy (non-hydrogen) atoms. The molecule has 3 heterocycles. The predicted molar refractivity (Wildman–Crippen MR) is 83.8 cm³/mol. The molecule has 1 aromatic rings. The maximum atomic E-state index is 12.7. The van der Waals surface area contributed by atoms with Crippen molar-refractivity contribution >= 4 is 5.91 Å². The molecule has 126 valence electrons. The lowest BCUT2D eigenvalue weighted by Crippen LogP contribution is -2.46. The number of fused-ring (bicyclic) bond motifs is 1. The molecule has 0 spiro atoms. The molecule has 1 atom stereocenters. The SMILES string of the molecule is CC(CN1CCOCC1)C(=O)N1CCn2c(nnc2C2CC2)C1. The van der Waals surface area contributed by atoms with Crippen molar-refractivity contribution in [2.24, 2.45) is 5.92 Å². The van der Waals surface area contributed by atoms with Gasteiger partial charge in [0.05, 0.1) is 19.8 Å². The van der Waals surface area contributed by atoms with Crippen LogP contribution in [0.4, 0.5) is 0 Å². The molecule has 2 aliphatic heterocycles. The Morgan fingerprint density at radius 2 is 2.00 bits per heavy atom. The van der Waals surface area contributed by atoms with Crippen molar-refractivity contribution in [1.29, 1.82) is 0 Å². The Labute approximate surface area is 136 Å². The van der Waals surface area contributed by atoms with Crippen molar-refractivity contribution in [2.75, 3.05) is 39.4 Å². The standard InChI is InChI=1S/C16H25N5O2/c1-12(10-19-6-8-23-9-7-19)16(22)20-4-5-21-14(11-20)17-18-15(21)13-2-3-13/h12-13H,2-11H2,1H3. The molecule has 7 heteroatoms. The van der Waals surface area contributed by atoms with Crippen molar-refractivity contribution in [3.8, 4) is 0 Å². The fraction of sp³-hybridized carbons (Fsp3) is 0.812. The van der Waals surface area contributed by atoms with Crippen molar-refractivity contribution in [2.45, 2.75) is 38.8 Å². The zero-order chi connectivity index (χ0) is 15.8. The Bertz CT molecular complexity index is 577. The molecule has 1 aliphatic carbocycles. The molecule has 0 aromatic carbocycles. The van der Waals surface area contributed by atoms with Gasteiger partial charge in [0.15, 0.2) is 5.82 Å². The van der Waals surface area contributed by atoms with E-state index in [1.807, 2.05) is 11.8 Å². The summed E-state index contributed by atoms with van der Waals surface area (Å²) in [5.41, 5.74) is 0. The third-order valence-corrected chi connectivity index (χ3v) is 5.09. The van der Waals surface area contributed by atoms with Gasteiger partial charge in [0.1, 0.15) is 5.82 Å². The lowest BCUT2D eigenvalue weighted by atomic mass is 10.1. The molecular formula is C16H25N5O2. The number of aromatic nitrogens is 3. The van der Waals surface area contributed by atoms with Crippen molar-refractivity contribution in [1.82, 2.24) is 24.6 Å². The quantitative estimate of drug-likeness (QED) is 0.807. The summed E-state index contributed by atoms with van der Waals surface area (Å²) in [6.45, 7) is 8.47. The van der Waals surface area contributed by atoms with Crippen LogP contribution in [-0.2, 0) is 22.6 Å². The lowest BCUT2D eigenvalue weighted by Gasteiger charge is -2.33. The molecule has 1 amide bonds. The third kappa shape index (κ3) is 3.12. The van der Waals surface area contributed by atoms with Crippen LogP contribution in [0.15, 0.2) is 0 Å². The maximum Gasteiger partial charge on any atom is 0.227 e. The van der Waals surface area contributed by atoms with Crippen molar-refractivity contribution in [3.05, 3.63) is 11.6 Å². The summed E-state index contributed by atoms with van der Waals surface area (Å²) in [6.07, 6.45) is 2.47. The summed E-state index contributed by atoms with van der Waals surface area (Å²) in [5, 5.41) is 8.66. The number of hydrogen-bond acceptors (Lipinski definition) is 5. The van der Waals surface area contributed by atoms with Crippen LogP contribution >= 0.6 is 0 Å². The zero-order valence-corrected chi connectivity index (χ0v) is 13.8. The van der Waals surface area contributed by atoms with Crippen LogP contribution in [0.25, 0.3) is 0 Å². The van der Waals surface area contributed by atoms with E-state index < -0.39 is 0 Å². The van der Waals surface area contributed by atoms with Crippen LogP contribution in [0, 0.1) is 5.92 Å². The van der Waals surface area contributed by atoms with Crippen LogP contribution < -0.4 is 0 Å². The fourth-order valence-corrected chi connectivity index (χ4v) is 3.57. The van der Waals surface area contributed by atoms with E-state index in [0.717, 1.165) is 57.6 Å². The van der Waals surface area contributed by atoms with Gasteiger partial charge in [-0.15, -0.1) is 10.2 Å². The number of nitrogens with zero attached hydrogens (tertiary/aromatic N) is 5. The molecular weight excluding hydrogens is 294 g/mol. The van der Waals surface area contributed by atoms with E-state index in [2.05, 4.69) is 19.7 Å². The second-order valence-electron chi connectivity index (χ2n) is 6.97. The van der Waals surface area contributed by atoms with Gasteiger partial charge in [-0.1, -0.05) is 6.92 Å². The Morgan fingerprint density at radius 1 is 1.22 bits per heavy atom. The molecule has 7 nitrogen and oxygen atoms in total. The highest BCUT2D eigenvalue weighted by Gasteiger charge is 2.33. The summed E-state index contributed by atoms with van der Waals surface area (Å²) >= 11 is 0. The minimum absolute atomic E-state index is 0.0190. The second kappa shape index (κ2) is 6.20. The Kier molecular flexibility index (Phi) is 4.07. The molecule has 1 saturated carbocycles. The third-order valence-electron chi connectivity index (χ3n) is 5.09. The number of hydrogen-bond donors (Lipinski definition) is 0. The van der Waals surface area contributed by atoms with Crippen LogP contribution in [0.3, 0.4) is 0 Å². The van der Waals surface area contributed by atoms with Gasteiger partial charge >= 0.3 is 0 Å². The van der Waals surface area contributed by atoms with E-state index in [1.54, 1.807) is 0 Å². The summed E-state index contributed by atoms with van der Waals surface area (Å²) in [5.74, 6) is 2.95. The van der Waals surface area contributed by atoms with E-state index in [4.69, 9.17) is 4.74 Å². The monoisotopic (exact) mass is 319 g/mol. The first-order valence-corrected chi connectivity index (χ1v) is 8.73. The Morgan fingerprint density at radius 3 is 2.74 bits per heavy atom. The van der Waals surface area contributed by atoms with Gasteiger partial charge in [-0.05, 0) is 12.8 Å². The molecule has 3 aliphatic rings. The van der Waals surface area contributed by atoms with Gasteiger partial charge in [-0.25, -0.2) is 0 Å². The number of morpholine rings is 1. The van der Waals surface area contributed by atoms with Gasteiger partial charge in [-0.2, -0.15) is 0 Å². The minimum atomic E-state index is 0.0190. The molecule has 1 aromatic heterocycles. The van der Waals surface area contributed by atoms with E-state index in [9.17, 15) is 4.79 Å². The summed E-state index contributed by atoms with van der Waals surface area (Å²) in [6, 6.07) is 0. The van der Waals surface area contributed by atoms with Gasteiger partial charge < -0.3 is 14.2 Å².